The lowest BCUT2D eigenvalue weighted by atomic mass is 9.77. The third-order valence-corrected chi connectivity index (χ3v) is 6.92. The molecule has 2 aromatic rings. The number of likely N-dealkylation sites (N-methyl/N-ethyl adjacent to an activating group) is 2. The van der Waals surface area contributed by atoms with Gasteiger partial charge in [0, 0.05) is 24.5 Å². The van der Waals surface area contributed by atoms with Crippen molar-refractivity contribution in [2.75, 3.05) is 14.1 Å². The molecule has 3 N–H and O–H groups in total. The zero-order valence-electron chi connectivity index (χ0n) is 23.4. The molecule has 208 valence electrons. The van der Waals surface area contributed by atoms with E-state index in [0.29, 0.717) is 6.42 Å². The third-order valence-electron chi connectivity index (χ3n) is 6.92. The number of aliphatic carboxylic acids is 1. The predicted molar refractivity (Wildman–Crippen MR) is 154 cm³/mol. The SMILES string of the molecule is CN[C@H](C(=O)N[C@@H](Cc1ccccc1)C(=O)N(C)[C@H](C=C(C)C(=O)O)C(C)C)C(C)(C)c1ccccc1.Cl. The Labute approximate surface area is 233 Å². The minimum atomic E-state index is -1.03. The van der Waals surface area contributed by atoms with Crippen LogP contribution in [-0.2, 0) is 26.2 Å². The summed E-state index contributed by atoms with van der Waals surface area (Å²) in [5, 5.41) is 15.5. The number of carboxylic acid groups (broad SMARTS) is 1. The van der Waals surface area contributed by atoms with E-state index in [2.05, 4.69) is 10.6 Å². The molecule has 2 aromatic carbocycles. The monoisotopic (exact) mass is 543 g/mol. The molecule has 0 aliphatic carbocycles. The molecule has 0 heterocycles. The van der Waals surface area contributed by atoms with Crippen LogP contribution < -0.4 is 10.6 Å². The molecule has 0 fully saturated rings. The van der Waals surface area contributed by atoms with Gasteiger partial charge in [-0.25, -0.2) is 4.79 Å². The molecule has 2 rings (SSSR count). The van der Waals surface area contributed by atoms with E-state index < -0.39 is 29.5 Å². The van der Waals surface area contributed by atoms with Gasteiger partial charge in [0.05, 0.1) is 12.1 Å². The van der Waals surface area contributed by atoms with Crippen molar-refractivity contribution in [1.29, 1.82) is 0 Å². The highest BCUT2D eigenvalue weighted by Crippen LogP contribution is 2.27. The van der Waals surface area contributed by atoms with E-state index in [4.69, 9.17) is 0 Å². The van der Waals surface area contributed by atoms with Crippen LogP contribution in [0.5, 0.6) is 0 Å². The lowest BCUT2D eigenvalue weighted by Crippen LogP contribution is -2.59. The first-order chi connectivity index (χ1) is 17.4. The summed E-state index contributed by atoms with van der Waals surface area (Å²) in [6.07, 6.45) is 1.91. The molecule has 0 aromatic heterocycles. The number of halogens is 1. The van der Waals surface area contributed by atoms with Crippen molar-refractivity contribution < 1.29 is 19.5 Å². The number of rotatable bonds is 12. The standard InChI is InChI=1S/C30H41N3O4.ClH/c1-20(2)25(18-21(3)29(36)37)33(7)28(35)24(19-22-14-10-8-11-15-22)32-27(34)26(31-6)30(4,5)23-16-12-9-13-17-23;/h8-18,20,24-26,31H,19H2,1-7H3,(H,32,34)(H,36,37);1H/t24-,25+,26+;/m0./s1. The van der Waals surface area contributed by atoms with Gasteiger partial charge in [-0.3, -0.25) is 9.59 Å². The molecule has 0 spiro atoms. The molecule has 0 radical (unpaired) electrons. The Kier molecular flexibility index (Phi) is 12.7. The van der Waals surface area contributed by atoms with Gasteiger partial charge < -0.3 is 20.6 Å². The van der Waals surface area contributed by atoms with Crippen LogP contribution in [0.4, 0.5) is 0 Å². The number of amides is 2. The maximum atomic E-state index is 13.8. The van der Waals surface area contributed by atoms with E-state index in [1.807, 2.05) is 88.4 Å². The maximum Gasteiger partial charge on any atom is 0.331 e. The van der Waals surface area contributed by atoms with Gasteiger partial charge in [0.1, 0.15) is 6.04 Å². The van der Waals surface area contributed by atoms with E-state index in [-0.39, 0.29) is 35.7 Å². The van der Waals surface area contributed by atoms with Gasteiger partial charge in [-0.15, -0.1) is 12.4 Å². The Morgan fingerprint density at radius 2 is 1.53 bits per heavy atom. The molecular weight excluding hydrogens is 502 g/mol. The first-order valence-corrected chi connectivity index (χ1v) is 12.7. The number of nitrogens with zero attached hydrogens (tertiary/aromatic N) is 1. The number of benzene rings is 2. The molecule has 38 heavy (non-hydrogen) atoms. The average Bonchev–Trinajstić information content (AvgIpc) is 2.87. The van der Waals surface area contributed by atoms with E-state index in [1.54, 1.807) is 25.1 Å². The van der Waals surface area contributed by atoms with Crippen LogP contribution in [-0.4, -0.2) is 60.0 Å². The Balaban J connectivity index is 0.00000722. The summed E-state index contributed by atoms with van der Waals surface area (Å²) >= 11 is 0. The summed E-state index contributed by atoms with van der Waals surface area (Å²) in [7, 11) is 3.40. The fraction of sp³-hybridized carbons (Fsp3) is 0.433. The Morgan fingerprint density at radius 3 is 2.00 bits per heavy atom. The molecule has 0 bridgehead atoms. The van der Waals surface area contributed by atoms with Crippen molar-refractivity contribution in [2.24, 2.45) is 5.92 Å². The van der Waals surface area contributed by atoms with Gasteiger partial charge in [-0.05, 0) is 31.0 Å². The van der Waals surface area contributed by atoms with Crippen molar-refractivity contribution in [3.8, 4) is 0 Å². The quantitative estimate of drug-likeness (QED) is 0.348. The maximum absolute atomic E-state index is 13.8. The Hall–Kier alpha value is -3.16. The zero-order chi connectivity index (χ0) is 27.8. The van der Waals surface area contributed by atoms with E-state index in [0.717, 1.165) is 11.1 Å². The highest BCUT2D eigenvalue weighted by atomic mass is 35.5. The zero-order valence-corrected chi connectivity index (χ0v) is 24.2. The first kappa shape index (κ1) is 32.9. The third kappa shape index (κ3) is 8.43. The van der Waals surface area contributed by atoms with Crippen molar-refractivity contribution in [3.63, 3.8) is 0 Å². The summed E-state index contributed by atoms with van der Waals surface area (Å²) in [6.45, 7) is 9.38. The second-order valence-corrected chi connectivity index (χ2v) is 10.4. The number of carbonyl (C=O) groups is 3. The van der Waals surface area contributed by atoms with Gasteiger partial charge in [0.2, 0.25) is 11.8 Å². The summed E-state index contributed by atoms with van der Waals surface area (Å²) in [5.74, 6) is -1.62. The van der Waals surface area contributed by atoms with Crippen LogP contribution in [0, 0.1) is 5.92 Å². The minimum Gasteiger partial charge on any atom is -0.478 e. The van der Waals surface area contributed by atoms with Crippen LogP contribution in [0.3, 0.4) is 0 Å². The second kappa shape index (κ2) is 14.7. The minimum absolute atomic E-state index is 0. The van der Waals surface area contributed by atoms with Crippen LogP contribution in [0.25, 0.3) is 0 Å². The summed E-state index contributed by atoms with van der Waals surface area (Å²) < 4.78 is 0. The van der Waals surface area contributed by atoms with E-state index in [1.165, 1.54) is 6.92 Å². The molecule has 2 amide bonds. The predicted octanol–water partition coefficient (Wildman–Crippen LogP) is 4.22. The van der Waals surface area contributed by atoms with Crippen molar-refractivity contribution in [1.82, 2.24) is 15.5 Å². The smallest absolute Gasteiger partial charge is 0.331 e. The highest BCUT2D eigenvalue weighted by Gasteiger charge is 2.38. The number of hydrogen-bond acceptors (Lipinski definition) is 4. The number of carbonyl (C=O) groups excluding carboxylic acids is 2. The lowest BCUT2D eigenvalue weighted by Gasteiger charge is -2.36. The van der Waals surface area contributed by atoms with Crippen LogP contribution in [0.2, 0.25) is 0 Å². The molecule has 0 saturated heterocycles. The molecule has 3 atom stereocenters. The normalized spacial score (nSPS) is 14.2. The second-order valence-electron chi connectivity index (χ2n) is 10.4. The molecule has 0 saturated carbocycles. The van der Waals surface area contributed by atoms with Gasteiger partial charge in [0.25, 0.3) is 0 Å². The highest BCUT2D eigenvalue weighted by molar-refractivity contribution is 5.91. The molecular formula is C30H42ClN3O4. The molecule has 0 aliphatic rings. The summed E-state index contributed by atoms with van der Waals surface area (Å²) in [6, 6.07) is 17.5. The number of carboxylic acids is 1. The Bertz CT molecular complexity index is 1090. The number of nitrogens with one attached hydrogen (secondary N) is 2. The van der Waals surface area contributed by atoms with Crippen LogP contribution >= 0.6 is 12.4 Å². The van der Waals surface area contributed by atoms with Gasteiger partial charge in [-0.1, -0.05) is 94.4 Å². The van der Waals surface area contributed by atoms with Crippen LogP contribution in [0.1, 0.15) is 45.7 Å². The summed E-state index contributed by atoms with van der Waals surface area (Å²) in [5.41, 5.74) is 1.54. The molecule has 0 unspecified atom stereocenters. The lowest BCUT2D eigenvalue weighted by molar-refractivity contribution is -0.138. The fourth-order valence-corrected chi connectivity index (χ4v) is 4.63. The van der Waals surface area contributed by atoms with E-state index >= 15 is 0 Å². The molecule has 7 nitrogen and oxygen atoms in total. The summed E-state index contributed by atoms with van der Waals surface area (Å²) in [4.78, 5) is 40.5. The molecule has 8 heteroatoms. The first-order valence-electron chi connectivity index (χ1n) is 12.7. The molecule has 0 aliphatic heterocycles. The average molecular weight is 544 g/mol. The van der Waals surface area contributed by atoms with Crippen LogP contribution in [0.15, 0.2) is 72.3 Å². The van der Waals surface area contributed by atoms with Gasteiger partial charge in [0.15, 0.2) is 0 Å². The van der Waals surface area contributed by atoms with Crippen molar-refractivity contribution in [3.05, 3.63) is 83.4 Å². The topological polar surface area (TPSA) is 98.7 Å². The Morgan fingerprint density at radius 1 is 1.00 bits per heavy atom. The largest absolute Gasteiger partial charge is 0.478 e. The van der Waals surface area contributed by atoms with Gasteiger partial charge >= 0.3 is 5.97 Å². The van der Waals surface area contributed by atoms with Gasteiger partial charge in [-0.2, -0.15) is 0 Å². The number of hydrogen-bond donors (Lipinski definition) is 3. The van der Waals surface area contributed by atoms with Crippen molar-refractivity contribution in [2.45, 2.75) is 64.6 Å². The van der Waals surface area contributed by atoms with Crippen molar-refractivity contribution >= 4 is 30.2 Å². The van der Waals surface area contributed by atoms with E-state index in [9.17, 15) is 19.5 Å². The fourth-order valence-electron chi connectivity index (χ4n) is 4.63.